The van der Waals surface area contributed by atoms with Crippen LogP contribution in [0.15, 0.2) is 35.3 Å². The van der Waals surface area contributed by atoms with Crippen molar-refractivity contribution < 1.29 is 45.8 Å². The fraction of sp³-hybridized carbons (Fsp3) is 0.452. The van der Waals surface area contributed by atoms with Gasteiger partial charge >= 0.3 is 12.3 Å². The summed E-state index contributed by atoms with van der Waals surface area (Å²) in [4.78, 5) is 40.8. The topological polar surface area (TPSA) is 99.1 Å². The van der Waals surface area contributed by atoms with E-state index < -0.39 is 41.5 Å². The predicted molar refractivity (Wildman–Crippen MR) is 154 cm³/mol. The Morgan fingerprint density at radius 3 is 2.40 bits per heavy atom. The van der Waals surface area contributed by atoms with Crippen molar-refractivity contribution in [2.24, 2.45) is 5.92 Å². The number of alkyl halides is 4. The van der Waals surface area contributed by atoms with Crippen molar-refractivity contribution in [2.75, 3.05) is 31.7 Å². The zero-order chi connectivity index (χ0) is 32.6. The summed E-state index contributed by atoms with van der Waals surface area (Å²) in [5.41, 5.74) is -0.0803. The second-order valence-electron chi connectivity index (χ2n) is 11.1. The summed E-state index contributed by atoms with van der Waals surface area (Å²) < 4.78 is 84.0. The summed E-state index contributed by atoms with van der Waals surface area (Å²) in [6.07, 6.45) is -3.94. The number of ether oxygens (including phenoxy) is 3. The molecule has 5 rings (SSSR count). The number of benzene rings is 2. The van der Waals surface area contributed by atoms with Crippen LogP contribution in [0, 0.1) is 18.7 Å². The van der Waals surface area contributed by atoms with Crippen molar-refractivity contribution in [2.45, 2.75) is 58.2 Å². The molecule has 0 bridgehead atoms. The lowest BCUT2D eigenvalue weighted by atomic mass is 9.96. The Morgan fingerprint density at radius 2 is 1.82 bits per heavy atom. The number of rotatable bonds is 9. The van der Waals surface area contributed by atoms with E-state index in [0.717, 1.165) is 12.1 Å². The van der Waals surface area contributed by atoms with Crippen molar-refractivity contribution in [3.63, 3.8) is 0 Å². The number of anilines is 1. The van der Waals surface area contributed by atoms with Gasteiger partial charge in [0.2, 0.25) is 5.43 Å². The Bertz CT molecular complexity index is 1680. The summed E-state index contributed by atoms with van der Waals surface area (Å²) in [5, 5.41) is 2.40. The number of methoxy groups -OCH3 is 1. The van der Waals surface area contributed by atoms with E-state index in [1.54, 1.807) is 11.8 Å². The molecule has 2 heterocycles. The van der Waals surface area contributed by atoms with Gasteiger partial charge in [0.1, 0.15) is 23.2 Å². The first-order chi connectivity index (χ1) is 21.3. The highest BCUT2D eigenvalue weighted by atomic mass is 19.4. The minimum atomic E-state index is -4.86. The van der Waals surface area contributed by atoms with Crippen molar-refractivity contribution in [3.8, 4) is 11.5 Å². The van der Waals surface area contributed by atoms with E-state index in [1.807, 2.05) is 0 Å². The van der Waals surface area contributed by atoms with Gasteiger partial charge in [-0.3, -0.25) is 14.4 Å². The highest BCUT2D eigenvalue weighted by Gasteiger charge is 2.41. The Kier molecular flexibility index (Phi) is 8.95. The van der Waals surface area contributed by atoms with Crippen LogP contribution >= 0.6 is 0 Å². The molecule has 45 heavy (non-hydrogen) atoms. The van der Waals surface area contributed by atoms with Gasteiger partial charge in [0.05, 0.1) is 36.6 Å². The lowest BCUT2D eigenvalue weighted by molar-refractivity contribution is -0.274. The number of halogens is 5. The van der Waals surface area contributed by atoms with Gasteiger partial charge < -0.3 is 29.0 Å². The van der Waals surface area contributed by atoms with Gasteiger partial charge in [-0.05, 0) is 56.0 Å². The highest BCUT2D eigenvalue weighted by molar-refractivity contribution is 6.00. The Labute approximate surface area is 254 Å². The standard InChI is InChI=1S/C31H32F5N3O6/c1-4-44-30(42)17-7-9-38(10-8-17)26-23(33)12-20-25(28(26)43-3)39(24-13-22(24)32)15-21(27(20)40)29(41)37-14-18-5-6-19(11-16(18)2)45-31(34,35)36/h5-6,11-12,15,17,22,24H,4,7-10,13-14H2,1-3H3,(H,37,41)/t22-,24+/m0/s1. The van der Waals surface area contributed by atoms with Gasteiger partial charge in [-0.25, -0.2) is 8.78 Å². The predicted octanol–water partition coefficient (Wildman–Crippen LogP) is 5.35. The smallest absolute Gasteiger partial charge is 0.492 e. The number of nitrogens with one attached hydrogen (secondary N) is 1. The summed E-state index contributed by atoms with van der Waals surface area (Å²) in [6.45, 7) is 4.00. The van der Waals surface area contributed by atoms with Crippen LogP contribution in [0.5, 0.6) is 11.5 Å². The molecule has 1 aliphatic heterocycles. The molecule has 1 amide bonds. The van der Waals surface area contributed by atoms with E-state index in [0.29, 0.717) is 37.1 Å². The molecular formula is C31H32F5N3O6. The number of esters is 1. The summed E-state index contributed by atoms with van der Waals surface area (Å²) >= 11 is 0. The number of pyridine rings is 1. The Hall–Kier alpha value is -4.36. The Morgan fingerprint density at radius 1 is 1.13 bits per heavy atom. The molecule has 1 aromatic heterocycles. The van der Waals surface area contributed by atoms with Crippen molar-refractivity contribution >= 4 is 28.5 Å². The van der Waals surface area contributed by atoms with Gasteiger partial charge in [0, 0.05) is 32.3 Å². The van der Waals surface area contributed by atoms with Crippen LogP contribution in [0.25, 0.3) is 10.9 Å². The average Bonchev–Trinajstić information content (AvgIpc) is 3.71. The third-order valence-corrected chi connectivity index (χ3v) is 8.10. The number of carbonyl (C=O) groups excluding carboxylic acids is 2. The summed E-state index contributed by atoms with van der Waals surface area (Å²) in [7, 11) is 1.31. The molecule has 0 radical (unpaired) electrons. The second kappa shape index (κ2) is 12.6. The normalized spacial score (nSPS) is 18.5. The van der Waals surface area contributed by atoms with E-state index in [4.69, 9.17) is 9.47 Å². The van der Waals surface area contributed by atoms with Crippen LogP contribution in [0.2, 0.25) is 0 Å². The molecule has 0 unspecified atom stereocenters. The number of aromatic nitrogens is 1. The van der Waals surface area contributed by atoms with Crippen LogP contribution in [0.3, 0.4) is 0 Å². The molecule has 2 aromatic carbocycles. The summed E-state index contributed by atoms with van der Waals surface area (Å²) in [5.74, 6) is -2.65. The molecule has 1 N–H and O–H groups in total. The minimum Gasteiger partial charge on any atom is -0.492 e. The molecule has 1 saturated heterocycles. The van der Waals surface area contributed by atoms with Gasteiger partial charge in [0.15, 0.2) is 11.6 Å². The van der Waals surface area contributed by atoms with Crippen LogP contribution in [-0.2, 0) is 16.1 Å². The lowest BCUT2D eigenvalue weighted by Crippen LogP contribution is -2.37. The second-order valence-corrected chi connectivity index (χ2v) is 11.1. The number of amides is 1. The van der Waals surface area contributed by atoms with Gasteiger partial charge in [-0.2, -0.15) is 0 Å². The largest absolute Gasteiger partial charge is 0.573 e. The fourth-order valence-electron chi connectivity index (χ4n) is 5.73. The van der Waals surface area contributed by atoms with Crippen molar-refractivity contribution in [1.82, 2.24) is 9.88 Å². The molecule has 242 valence electrons. The molecule has 2 atom stereocenters. The molecule has 0 spiro atoms. The fourth-order valence-corrected chi connectivity index (χ4v) is 5.73. The summed E-state index contributed by atoms with van der Waals surface area (Å²) in [6, 6.07) is 3.92. The number of nitrogens with zero attached hydrogens (tertiary/aromatic N) is 2. The SMILES string of the molecule is CCOC(=O)C1CCN(c2c(F)cc3c(=O)c(C(=O)NCc4ccc(OC(F)(F)F)cc4C)cn([C@@H]4C[C@@H]4F)c3c2OC)CC1. The number of hydrogen-bond acceptors (Lipinski definition) is 7. The quantitative estimate of drug-likeness (QED) is 0.250. The first kappa shape index (κ1) is 32.0. The molecule has 2 aliphatic rings. The van der Waals surface area contributed by atoms with Gasteiger partial charge in [-0.1, -0.05) is 6.07 Å². The van der Waals surface area contributed by atoms with Crippen LogP contribution in [0.1, 0.15) is 53.7 Å². The zero-order valence-corrected chi connectivity index (χ0v) is 24.8. The molecular weight excluding hydrogens is 605 g/mol. The lowest BCUT2D eigenvalue weighted by Gasteiger charge is -2.34. The first-order valence-corrected chi connectivity index (χ1v) is 14.5. The molecule has 1 saturated carbocycles. The molecule has 14 heteroatoms. The number of hydrogen-bond donors (Lipinski definition) is 1. The number of piperidine rings is 1. The van der Waals surface area contributed by atoms with Crippen LogP contribution < -0.4 is 25.1 Å². The highest BCUT2D eigenvalue weighted by Crippen LogP contribution is 2.45. The molecule has 2 fully saturated rings. The molecule has 1 aliphatic carbocycles. The van der Waals surface area contributed by atoms with Crippen molar-refractivity contribution in [1.29, 1.82) is 0 Å². The Balaban J connectivity index is 1.46. The molecule has 9 nitrogen and oxygen atoms in total. The maximum absolute atomic E-state index is 15.8. The van der Waals surface area contributed by atoms with E-state index in [-0.39, 0.29) is 59.4 Å². The minimum absolute atomic E-state index is 0.0135. The molecule has 3 aromatic rings. The van der Waals surface area contributed by atoms with E-state index >= 15 is 4.39 Å². The van der Waals surface area contributed by atoms with E-state index in [9.17, 15) is 31.9 Å². The van der Waals surface area contributed by atoms with Crippen molar-refractivity contribution in [3.05, 3.63) is 63.2 Å². The number of aryl methyl sites for hydroxylation is 1. The van der Waals surface area contributed by atoms with Gasteiger partial charge in [-0.15, -0.1) is 13.2 Å². The van der Waals surface area contributed by atoms with E-state index in [1.165, 1.54) is 36.9 Å². The number of carbonyl (C=O) groups is 2. The first-order valence-electron chi connectivity index (χ1n) is 14.5. The van der Waals surface area contributed by atoms with Gasteiger partial charge in [0.25, 0.3) is 5.91 Å². The monoisotopic (exact) mass is 637 g/mol. The van der Waals surface area contributed by atoms with Crippen LogP contribution in [0.4, 0.5) is 27.6 Å². The van der Waals surface area contributed by atoms with Crippen LogP contribution in [-0.4, -0.2) is 55.8 Å². The maximum Gasteiger partial charge on any atom is 0.573 e. The third kappa shape index (κ3) is 6.69. The third-order valence-electron chi connectivity index (χ3n) is 8.10. The average molecular weight is 638 g/mol. The van der Waals surface area contributed by atoms with E-state index in [2.05, 4.69) is 10.1 Å². The maximum atomic E-state index is 15.8. The zero-order valence-electron chi connectivity index (χ0n) is 24.8. The number of fused-ring (bicyclic) bond motifs is 1.